The summed E-state index contributed by atoms with van der Waals surface area (Å²) in [5.41, 5.74) is 2.95. The molecule has 7 heteroatoms. The van der Waals surface area contributed by atoms with Crippen molar-refractivity contribution in [2.24, 2.45) is 0 Å². The number of rotatable bonds is 6. The van der Waals surface area contributed by atoms with Gasteiger partial charge >= 0.3 is 0 Å². The van der Waals surface area contributed by atoms with Crippen molar-refractivity contribution in [1.82, 2.24) is 15.1 Å². The normalized spacial score (nSPS) is 10.8. The summed E-state index contributed by atoms with van der Waals surface area (Å²) >= 11 is 0. The van der Waals surface area contributed by atoms with Gasteiger partial charge in [0.1, 0.15) is 5.82 Å². The summed E-state index contributed by atoms with van der Waals surface area (Å²) in [6.07, 6.45) is 1.51. The zero-order chi connectivity index (χ0) is 21.0. The van der Waals surface area contributed by atoms with E-state index in [0.717, 1.165) is 5.69 Å². The lowest BCUT2D eigenvalue weighted by molar-refractivity contribution is 0.0955. The summed E-state index contributed by atoms with van der Waals surface area (Å²) in [5, 5.41) is 9.91. The zero-order valence-corrected chi connectivity index (χ0v) is 16.6. The highest BCUT2D eigenvalue weighted by Crippen LogP contribution is 2.24. The average Bonchev–Trinajstić information content (AvgIpc) is 3.15. The van der Waals surface area contributed by atoms with Gasteiger partial charge in [-0.1, -0.05) is 13.8 Å². The minimum Gasteiger partial charge on any atom is -0.352 e. The molecule has 0 atom stereocenters. The molecule has 0 aliphatic rings. The predicted molar refractivity (Wildman–Crippen MR) is 110 cm³/mol. The lowest BCUT2D eigenvalue weighted by Gasteiger charge is -2.13. The second-order valence-electron chi connectivity index (χ2n) is 6.88. The van der Waals surface area contributed by atoms with Gasteiger partial charge in [-0.25, -0.2) is 9.07 Å². The van der Waals surface area contributed by atoms with Gasteiger partial charge in [-0.05, 0) is 61.4 Å². The first kappa shape index (κ1) is 20.3. The number of hydrogen-bond acceptors (Lipinski definition) is 3. The van der Waals surface area contributed by atoms with Crippen LogP contribution in [0.4, 0.5) is 10.1 Å². The van der Waals surface area contributed by atoms with Gasteiger partial charge in [-0.3, -0.25) is 9.59 Å². The number of hydrogen-bond donors (Lipinski definition) is 2. The smallest absolute Gasteiger partial charge is 0.259 e. The molecular weight excluding hydrogens is 371 g/mol. The number of carbonyl (C=O) groups excluding carboxylic acids is 2. The zero-order valence-electron chi connectivity index (χ0n) is 16.6. The number of carbonyl (C=O) groups is 2. The summed E-state index contributed by atoms with van der Waals surface area (Å²) in [5.74, 6) is -0.773. The van der Waals surface area contributed by atoms with E-state index in [1.807, 2.05) is 20.8 Å². The Morgan fingerprint density at radius 1 is 1.03 bits per heavy atom. The molecule has 1 heterocycles. The lowest BCUT2D eigenvalue weighted by atomic mass is 10.0. The fourth-order valence-corrected chi connectivity index (χ4v) is 3.04. The van der Waals surface area contributed by atoms with Crippen molar-refractivity contribution in [2.45, 2.75) is 26.7 Å². The van der Waals surface area contributed by atoms with Gasteiger partial charge in [-0.2, -0.15) is 5.10 Å². The maximum Gasteiger partial charge on any atom is 0.259 e. The molecule has 0 saturated heterocycles. The molecule has 0 bridgehead atoms. The van der Waals surface area contributed by atoms with Crippen LogP contribution in [0.1, 0.15) is 53.1 Å². The summed E-state index contributed by atoms with van der Waals surface area (Å²) in [7, 11) is 0. The van der Waals surface area contributed by atoms with Crippen LogP contribution in [0.3, 0.4) is 0 Å². The van der Waals surface area contributed by atoms with Crippen molar-refractivity contribution in [3.63, 3.8) is 0 Å². The molecule has 0 aliphatic heterocycles. The number of benzene rings is 2. The Morgan fingerprint density at radius 3 is 2.28 bits per heavy atom. The minimum atomic E-state index is -0.332. The Bertz CT molecular complexity index is 1010. The molecule has 150 valence electrons. The maximum atomic E-state index is 13.2. The Hall–Kier alpha value is -3.48. The second-order valence-corrected chi connectivity index (χ2v) is 6.88. The molecule has 2 aromatic carbocycles. The number of amides is 2. The van der Waals surface area contributed by atoms with E-state index in [-0.39, 0.29) is 23.5 Å². The van der Waals surface area contributed by atoms with Crippen LogP contribution in [0.5, 0.6) is 0 Å². The molecule has 0 radical (unpaired) electrons. The first-order valence-electron chi connectivity index (χ1n) is 9.44. The van der Waals surface area contributed by atoms with Gasteiger partial charge in [-0.15, -0.1) is 0 Å². The van der Waals surface area contributed by atoms with E-state index >= 15 is 0 Å². The number of nitrogens with one attached hydrogen (secondary N) is 2. The van der Waals surface area contributed by atoms with Crippen LogP contribution in [0.2, 0.25) is 0 Å². The standard InChI is InChI=1S/C22H23FN4O2/c1-4-24-21(28)15-5-9-17(10-6-15)26-22(29)19-13-25-27(20(19)14(2)3)18-11-7-16(23)8-12-18/h5-14H,4H2,1-3H3,(H,24,28)(H,26,29). The van der Waals surface area contributed by atoms with Crippen molar-refractivity contribution in [1.29, 1.82) is 0 Å². The fraction of sp³-hybridized carbons (Fsp3) is 0.227. The molecule has 3 aromatic rings. The average molecular weight is 394 g/mol. The molecule has 0 aliphatic carbocycles. The second kappa shape index (κ2) is 8.68. The van der Waals surface area contributed by atoms with Crippen LogP contribution in [-0.2, 0) is 0 Å². The quantitative estimate of drug-likeness (QED) is 0.660. The van der Waals surface area contributed by atoms with Crippen LogP contribution in [0.15, 0.2) is 54.7 Å². The van der Waals surface area contributed by atoms with Gasteiger partial charge in [0, 0.05) is 17.8 Å². The molecule has 0 saturated carbocycles. The van der Waals surface area contributed by atoms with E-state index in [9.17, 15) is 14.0 Å². The lowest BCUT2D eigenvalue weighted by Crippen LogP contribution is -2.22. The van der Waals surface area contributed by atoms with E-state index in [1.165, 1.54) is 18.3 Å². The number of aromatic nitrogens is 2. The largest absolute Gasteiger partial charge is 0.352 e. The number of halogens is 1. The summed E-state index contributed by atoms with van der Waals surface area (Å²) < 4.78 is 14.9. The highest BCUT2D eigenvalue weighted by molar-refractivity contribution is 6.05. The molecule has 0 spiro atoms. The summed E-state index contributed by atoms with van der Waals surface area (Å²) in [4.78, 5) is 24.7. The van der Waals surface area contributed by atoms with E-state index < -0.39 is 0 Å². The van der Waals surface area contributed by atoms with Gasteiger partial charge in [0.25, 0.3) is 11.8 Å². The molecule has 0 fully saturated rings. The molecule has 3 rings (SSSR count). The van der Waals surface area contributed by atoms with Crippen LogP contribution >= 0.6 is 0 Å². The summed E-state index contributed by atoms with van der Waals surface area (Å²) in [6.45, 7) is 6.34. The number of nitrogens with zero attached hydrogens (tertiary/aromatic N) is 2. The predicted octanol–water partition coefficient (Wildman–Crippen LogP) is 4.14. The van der Waals surface area contributed by atoms with Crippen LogP contribution < -0.4 is 10.6 Å². The Kier molecular flexibility index (Phi) is 6.07. The van der Waals surface area contributed by atoms with Gasteiger partial charge < -0.3 is 10.6 Å². The Labute approximate surface area is 168 Å². The highest BCUT2D eigenvalue weighted by atomic mass is 19.1. The van der Waals surface area contributed by atoms with Crippen LogP contribution in [0, 0.1) is 5.82 Å². The molecule has 6 nitrogen and oxygen atoms in total. The topological polar surface area (TPSA) is 76.0 Å². The monoisotopic (exact) mass is 394 g/mol. The summed E-state index contributed by atoms with van der Waals surface area (Å²) in [6, 6.07) is 12.6. The molecule has 2 N–H and O–H groups in total. The molecule has 2 amide bonds. The Balaban J connectivity index is 1.84. The van der Waals surface area contributed by atoms with Crippen LogP contribution in [0.25, 0.3) is 5.69 Å². The van der Waals surface area contributed by atoms with Gasteiger partial charge in [0.15, 0.2) is 0 Å². The Morgan fingerprint density at radius 2 is 1.69 bits per heavy atom. The SMILES string of the molecule is CCNC(=O)c1ccc(NC(=O)c2cnn(-c3ccc(F)cc3)c2C(C)C)cc1. The van der Waals surface area contributed by atoms with E-state index in [0.29, 0.717) is 29.0 Å². The van der Waals surface area contributed by atoms with Crippen molar-refractivity contribution in [3.05, 3.63) is 77.4 Å². The number of anilines is 1. The third kappa shape index (κ3) is 4.51. The molecule has 1 aromatic heterocycles. The van der Waals surface area contributed by atoms with E-state index in [1.54, 1.807) is 41.1 Å². The molecule has 0 unspecified atom stereocenters. The van der Waals surface area contributed by atoms with E-state index in [2.05, 4.69) is 15.7 Å². The third-order valence-corrected chi connectivity index (χ3v) is 4.41. The van der Waals surface area contributed by atoms with Crippen molar-refractivity contribution in [2.75, 3.05) is 11.9 Å². The first-order chi connectivity index (χ1) is 13.9. The first-order valence-corrected chi connectivity index (χ1v) is 9.44. The highest BCUT2D eigenvalue weighted by Gasteiger charge is 2.21. The van der Waals surface area contributed by atoms with Crippen molar-refractivity contribution < 1.29 is 14.0 Å². The maximum absolute atomic E-state index is 13.2. The van der Waals surface area contributed by atoms with Gasteiger partial charge in [0.05, 0.1) is 23.1 Å². The molecular formula is C22H23FN4O2. The minimum absolute atomic E-state index is 0.0171. The molecule has 29 heavy (non-hydrogen) atoms. The van der Waals surface area contributed by atoms with E-state index in [4.69, 9.17) is 0 Å². The third-order valence-electron chi connectivity index (χ3n) is 4.41. The van der Waals surface area contributed by atoms with Crippen LogP contribution in [-0.4, -0.2) is 28.1 Å². The van der Waals surface area contributed by atoms with Gasteiger partial charge in [0.2, 0.25) is 0 Å². The van der Waals surface area contributed by atoms with Crippen molar-refractivity contribution in [3.8, 4) is 5.69 Å². The fourth-order valence-electron chi connectivity index (χ4n) is 3.04. The van der Waals surface area contributed by atoms with Crippen molar-refractivity contribution >= 4 is 17.5 Å².